The van der Waals surface area contributed by atoms with Gasteiger partial charge in [0.2, 0.25) is 0 Å². The van der Waals surface area contributed by atoms with E-state index < -0.39 is 0 Å². The molecule has 0 spiro atoms. The molecular weight excluding hydrogens is 269 g/mol. The molecule has 4 nitrogen and oxygen atoms in total. The second kappa shape index (κ2) is 5.33. The van der Waals surface area contributed by atoms with E-state index in [-0.39, 0.29) is 11.9 Å². The van der Waals surface area contributed by atoms with E-state index in [2.05, 4.69) is 17.3 Å². The van der Waals surface area contributed by atoms with E-state index in [4.69, 9.17) is 4.42 Å². The summed E-state index contributed by atoms with van der Waals surface area (Å²) in [6.45, 7) is 2.08. The number of hydrogen-bond donors (Lipinski definition) is 1. The first-order chi connectivity index (χ1) is 10.1. The van der Waals surface area contributed by atoms with Crippen LogP contribution in [0.5, 0.6) is 0 Å². The van der Waals surface area contributed by atoms with Gasteiger partial charge >= 0.3 is 0 Å². The van der Waals surface area contributed by atoms with E-state index >= 15 is 0 Å². The van der Waals surface area contributed by atoms with Crippen molar-refractivity contribution in [2.75, 3.05) is 7.05 Å². The minimum atomic E-state index is -0.258. The lowest BCUT2D eigenvalue weighted by atomic mass is 10.0. The quantitative estimate of drug-likeness (QED) is 0.801. The number of rotatable bonds is 4. The molecule has 3 aromatic rings. The minimum absolute atomic E-state index is 0.0934. The maximum Gasteiger partial charge on any atom is 0.134 e. The van der Waals surface area contributed by atoms with Crippen LogP contribution in [0, 0.1) is 5.82 Å². The van der Waals surface area contributed by atoms with Crippen molar-refractivity contribution in [2.45, 2.75) is 19.4 Å². The van der Waals surface area contributed by atoms with Gasteiger partial charge in [-0.05, 0) is 37.7 Å². The van der Waals surface area contributed by atoms with Gasteiger partial charge < -0.3 is 9.73 Å². The number of aryl methyl sites for hydroxylation is 2. The Kier molecular flexibility index (Phi) is 3.51. The summed E-state index contributed by atoms with van der Waals surface area (Å²) in [4.78, 5) is 0. The number of halogens is 1. The number of furan rings is 1. The molecule has 1 unspecified atom stereocenters. The number of nitrogens with zero attached hydrogens (tertiary/aromatic N) is 2. The number of aromatic nitrogens is 2. The van der Waals surface area contributed by atoms with Crippen LogP contribution in [-0.2, 0) is 13.5 Å². The highest BCUT2D eigenvalue weighted by molar-refractivity contribution is 5.78. The molecule has 0 aliphatic heterocycles. The summed E-state index contributed by atoms with van der Waals surface area (Å²) in [7, 11) is 3.79. The molecule has 0 aliphatic rings. The predicted molar refractivity (Wildman–Crippen MR) is 79.7 cm³/mol. The average molecular weight is 287 g/mol. The van der Waals surface area contributed by atoms with Crippen LogP contribution in [0.1, 0.15) is 30.0 Å². The van der Waals surface area contributed by atoms with Crippen LogP contribution in [0.15, 0.2) is 34.9 Å². The van der Waals surface area contributed by atoms with E-state index in [9.17, 15) is 4.39 Å². The number of fused-ring (bicyclic) bond motifs is 1. The van der Waals surface area contributed by atoms with Gasteiger partial charge in [-0.1, -0.05) is 6.92 Å². The van der Waals surface area contributed by atoms with Gasteiger partial charge in [0.25, 0.3) is 0 Å². The van der Waals surface area contributed by atoms with Crippen molar-refractivity contribution in [3.05, 3.63) is 53.3 Å². The predicted octanol–water partition coefficient (Wildman–Crippen LogP) is 3.18. The molecule has 21 heavy (non-hydrogen) atoms. The van der Waals surface area contributed by atoms with E-state index in [1.807, 2.05) is 26.4 Å². The third-order valence-corrected chi connectivity index (χ3v) is 3.65. The molecule has 5 heteroatoms. The fraction of sp³-hybridized carbons (Fsp3) is 0.312. The molecule has 0 saturated carbocycles. The molecule has 1 atom stereocenters. The first-order valence-electron chi connectivity index (χ1n) is 7.01. The second-order valence-corrected chi connectivity index (χ2v) is 5.11. The second-order valence-electron chi connectivity index (χ2n) is 5.11. The average Bonchev–Trinajstić information content (AvgIpc) is 3.03. The van der Waals surface area contributed by atoms with Crippen LogP contribution in [-0.4, -0.2) is 16.8 Å². The Labute approximate surface area is 122 Å². The monoisotopic (exact) mass is 287 g/mol. The zero-order chi connectivity index (χ0) is 15.0. The summed E-state index contributed by atoms with van der Waals surface area (Å²) in [5.74, 6) is 0.507. The normalized spacial score (nSPS) is 13.0. The van der Waals surface area contributed by atoms with Crippen molar-refractivity contribution in [3.63, 3.8) is 0 Å². The highest BCUT2D eigenvalue weighted by Gasteiger charge is 2.21. The Hall–Kier alpha value is -2.14. The highest BCUT2D eigenvalue weighted by Crippen LogP contribution is 2.30. The van der Waals surface area contributed by atoms with Gasteiger partial charge in [0.15, 0.2) is 0 Å². The van der Waals surface area contributed by atoms with Gasteiger partial charge in [-0.15, -0.1) is 0 Å². The standard InChI is InChI=1S/C16H18FN3O/c1-4-13-12(9-20(3)19-13)16(18-2)15-8-10-7-11(17)5-6-14(10)21-15/h5-9,16,18H,4H2,1-3H3. The molecule has 3 rings (SSSR count). The lowest BCUT2D eigenvalue weighted by molar-refractivity contribution is 0.489. The number of benzene rings is 1. The summed E-state index contributed by atoms with van der Waals surface area (Å²) in [6.07, 6.45) is 2.84. The van der Waals surface area contributed by atoms with Gasteiger partial charge in [-0.2, -0.15) is 5.10 Å². The SMILES string of the molecule is CCc1nn(C)cc1C(NC)c1cc2cc(F)ccc2o1. The van der Waals surface area contributed by atoms with E-state index in [1.54, 1.807) is 10.7 Å². The maximum atomic E-state index is 13.3. The zero-order valence-electron chi connectivity index (χ0n) is 12.4. The lowest BCUT2D eigenvalue weighted by Gasteiger charge is -2.13. The summed E-state index contributed by atoms with van der Waals surface area (Å²) >= 11 is 0. The number of hydrogen-bond acceptors (Lipinski definition) is 3. The Morgan fingerprint density at radius 3 is 2.90 bits per heavy atom. The molecular formula is C16H18FN3O. The molecule has 2 heterocycles. The molecule has 0 bridgehead atoms. The largest absolute Gasteiger partial charge is 0.459 e. The Morgan fingerprint density at radius 1 is 1.38 bits per heavy atom. The molecule has 0 amide bonds. The molecule has 110 valence electrons. The zero-order valence-corrected chi connectivity index (χ0v) is 12.4. The smallest absolute Gasteiger partial charge is 0.134 e. The molecule has 0 fully saturated rings. The van der Waals surface area contributed by atoms with Gasteiger partial charge in [-0.25, -0.2) is 4.39 Å². The molecule has 0 radical (unpaired) electrons. The first-order valence-corrected chi connectivity index (χ1v) is 7.01. The number of nitrogens with one attached hydrogen (secondary N) is 1. The van der Waals surface area contributed by atoms with Crippen molar-refractivity contribution >= 4 is 11.0 Å². The minimum Gasteiger partial charge on any atom is -0.459 e. The molecule has 0 aliphatic carbocycles. The van der Waals surface area contributed by atoms with E-state index in [1.165, 1.54) is 12.1 Å². The van der Waals surface area contributed by atoms with Gasteiger partial charge in [0.1, 0.15) is 17.2 Å². The van der Waals surface area contributed by atoms with Crippen LogP contribution >= 0.6 is 0 Å². The van der Waals surface area contributed by atoms with Crippen molar-refractivity contribution in [2.24, 2.45) is 7.05 Å². The van der Waals surface area contributed by atoms with E-state index in [0.717, 1.165) is 28.8 Å². The molecule has 1 aromatic carbocycles. The molecule has 0 saturated heterocycles. The molecule has 2 aromatic heterocycles. The Bertz CT molecular complexity index is 775. The van der Waals surface area contributed by atoms with Crippen molar-refractivity contribution in [1.29, 1.82) is 0 Å². The van der Waals surface area contributed by atoms with E-state index in [0.29, 0.717) is 5.58 Å². The highest BCUT2D eigenvalue weighted by atomic mass is 19.1. The van der Waals surface area contributed by atoms with Gasteiger partial charge in [0.05, 0.1) is 11.7 Å². The molecule has 1 N–H and O–H groups in total. The summed E-state index contributed by atoms with van der Waals surface area (Å²) in [6, 6.07) is 6.34. The van der Waals surface area contributed by atoms with Crippen LogP contribution in [0.3, 0.4) is 0 Å². The summed E-state index contributed by atoms with van der Waals surface area (Å²) in [5, 5.41) is 8.49. The third kappa shape index (κ3) is 2.45. The van der Waals surface area contributed by atoms with Crippen molar-refractivity contribution in [3.8, 4) is 0 Å². The van der Waals surface area contributed by atoms with Crippen LogP contribution in [0.4, 0.5) is 4.39 Å². The summed E-state index contributed by atoms with van der Waals surface area (Å²) < 4.78 is 21.0. The Balaban J connectivity index is 2.08. The van der Waals surface area contributed by atoms with Gasteiger partial charge in [0, 0.05) is 24.2 Å². The van der Waals surface area contributed by atoms with Crippen molar-refractivity contribution in [1.82, 2.24) is 15.1 Å². The van der Waals surface area contributed by atoms with Crippen LogP contribution in [0.25, 0.3) is 11.0 Å². The fourth-order valence-electron chi connectivity index (χ4n) is 2.70. The first kappa shape index (κ1) is 13.8. The topological polar surface area (TPSA) is 43.0 Å². The van der Waals surface area contributed by atoms with Crippen LogP contribution in [0.2, 0.25) is 0 Å². The third-order valence-electron chi connectivity index (χ3n) is 3.65. The van der Waals surface area contributed by atoms with Crippen LogP contribution < -0.4 is 5.32 Å². The van der Waals surface area contributed by atoms with Crippen molar-refractivity contribution < 1.29 is 8.81 Å². The Morgan fingerprint density at radius 2 is 2.19 bits per heavy atom. The maximum absolute atomic E-state index is 13.3. The lowest BCUT2D eigenvalue weighted by Crippen LogP contribution is -2.17. The van der Waals surface area contributed by atoms with Gasteiger partial charge in [-0.3, -0.25) is 4.68 Å². The fourth-order valence-corrected chi connectivity index (χ4v) is 2.70. The summed E-state index contributed by atoms with van der Waals surface area (Å²) in [5.41, 5.74) is 2.80.